The maximum absolute atomic E-state index is 9.46. The summed E-state index contributed by atoms with van der Waals surface area (Å²) < 4.78 is 6.01. The number of nitriles is 2. The van der Waals surface area contributed by atoms with Gasteiger partial charge in [0.25, 0.3) is 0 Å². The molecule has 2 heterocycles. The number of anilines is 3. The average molecular weight is 424 g/mol. The maximum atomic E-state index is 9.46. The van der Waals surface area contributed by atoms with Gasteiger partial charge in [-0.15, -0.1) is 0 Å². The van der Waals surface area contributed by atoms with Crippen molar-refractivity contribution in [2.45, 2.75) is 19.6 Å². The number of nitrogens with one attached hydrogen (secondary N) is 2. The van der Waals surface area contributed by atoms with E-state index in [9.17, 15) is 5.26 Å². The van der Waals surface area contributed by atoms with Gasteiger partial charge >= 0.3 is 0 Å². The lowest BCUT2D eigenvalue weighted by Gasteiger charge is -2.26. The second-order valence-electron chi connectivity index (χ2n) is 7.19. The van der Waals surface area contributed by atoms with Crippen LogP contribution in [0.15, 0.2) is 53.5 Å². The monoisotopic (exact) mass is 424 g/mol. The van der Waals surface area contributed by atoms with E-state index < -0.39 is 6.04 Å². The minimum Gasteiger partial charge on any atom is -0.489 e. The van der Waals surface area contributed by atoms with Gasteiger partial charge in [-0.1, -0.05) is 36.4 Å². The molecule has 2 aromatic carbocycles. The van der Waals surface area contributed by atoms with Crippen molar-refractivity contribution in [1.82, 2.24) is 10.3 Å². The van der Waals surface area contributed by atoms with Crippen LogP contribution in [-0.2, 0) is 6.61 Å². The van der Waals surface area contributed by atoms with Crippen molar-refractivity contribution in [2.75, 3.05) is 16.8 Å². The molecule has 1 unspecified atom stereocenters. The largest absolute Gasteiger partial charge is 0.489 e. The van der Waals surface area contributed by atoms with Gasteiger partial charge in [0.1, 0.15) is 41.7 Å². The Hall–Kier alpha value is -4.76. The van der Waals surface area contributed by atoms with Gasteiger partial charge in [0, 0.05) is 5.56 Å². The predicted octanol–water partition coefficient (Wildman–Crippen LogP) is 2.95. The van der Waals surface area contributed by atoms with Crippen LogP contribution in [0.3, 0.4) is 0 Å². The fourth-order valence-corrected chi connectivity index (χ4v) is 3.53. The highest BCUT2D eigenvalue weighted by Crippen LogP contribution is 2.41. The number of hydrogen-bond acceptors (Lipinski definition) is 9. The Labute approximate surface area is 185 Å². The van der Waals surface area contributed by atoms with E-state index in [0.717, 1.165) is 16.7 Å². The molecule has 0 saturated heterocycles. The summed E-state index contributed by atoms with van der Waals surface area (Å²) in [4.78, 5) is 8.83. The van der Waals surface area contributed by atoms with E-state index in [2.05, 4.69) is 20.6 Å². The van der Waals surface area contributed by atoms with Crippen LogP contribution in [0.4, 0.5) is 17.3 Å². The normalized spacial score (nSPS) is 14.2. The Morgan fingerprint density at radius 3 is 2.72 bits per heavy atom. The van der Waals surface area contributed by atoms with Gasteiger partial charge in [-0.3, -0.25) is 5.32 Å². The third-order valence-corrected chi connectivity index (χ3v) is 5.19. The molecule has 158 valence electrons. The summed E-state index contributed by atoms with van der Waals surface area (Å²) in [6, 6.07) is 16.8. The number of guanidine groups is 1. The Morgan fingerprint density at radius 1 is 1.16 bits per heavy atom. The molecule has 32 heavy (non-hydrogen) atoms. The number of aromatic nitrogens is 1. The highest BCUT2D eigenvalue weighted by atomic mass is 16.5. The first-order chi connectivity index (χ1) is 15.5. The first-order valence-electron chi connectivity index (χ1n) is 9.78. The van der Waals surface area contributed by atoms with Crippen LogP contribution in [0.5, 0.6) is 5.75 Å². The molecule has 0 radical (unpaired) electrons. The van der Waals surface area contributed by atoms with Crippen LogP contribution in [-0.4, -0.2) is 10.9 Å². The van der Waals surface area contributed by atoms with E-state index >= 15 is 0 Å². The van der Waals surface area contributed by atoms with Gasteiger partial charge < -0.3 is 21.5 Å². The van der Waals surface area contributed by atoms with Gasteiger partial charge in [-0.2, -0.15) is 10.5 Å². The summed E-state index contributed by atoms with van der Waals surface area (Å²) in [6.45, 7) is 2.45. The van der Waals surface area contributed by atoms with Crippen molar-refractivity contribution in [1.29, 1.82) is 10.5 Å². The molecule has 0 saturated carbocycles. The van der Waals surface area contributed by atoms with Crippen molar-refractivity contribution in [3.63, 3.8) is 0 Å². The Balaban J connectivity index is 1.73. The number of nitrogen functional groups attached to an aromatic ring is 2. The topological polar surface area (TPSA) is 158 Å². The minimum absolute atomic E-state index is 0.00326. The highest BCUT2D eigenvalue weighted by Gasteiger charge is 2.29. The number of benzene rings is 2. The van der Waals surface area contributed by atoms with Gasteiger partial charge in [0.05, 0.1) is 5.69 Å². The molecule has 6 N–H and O–H groups in total. The Bertz CT molecular complexity index is 1300. The molecule has 1 aliphatic heterocycles. The maximum Gasteiger partial charge on any atom is 0.211 e. The summed E-state index contributed by atoms with van der Waals surface area (Å²) in [5, 5.41) is 23.9. The number of ether oxygens (including phenoxy) is 1. The fourth-order valence-electron chi connectivity index (χ4n) is 3.53. The van der Waals surface area contributed by atoms with Crippen LogP contribution in [0.1, 0.15) is 33.9 Å². The van der Waals surface area contributed by atoms with Crippen molar-refractivity contribution in [3.8, 4) is 18.0 Å². The molecule has 0 bridgehead atoms. The molecule has 4 rings (SSSR count). The van der Waals surface area contributed by atoms with Crippen molar-refractivity contribution < 1.29 is 4.74 Å². The average Bonchev–Trinajstić information content (AvgIpc) is 2.78. The molecular weight excluding hydrogens is 404 g/mol. The number of nitrogens with two attached hydrogens (primary N) is 2. The lowest BCUT2D eigenvalue weighted by molar-refractivity contribution is 0.305. The minimum atomic E-state index is -0.621. The summed E-state index contributed by atoms with van der Waals surface area (Å²) in [5.74, 6) is 1.19. The molecule has 0 aliphatic carbocycles. The Morgan fingerprint density at radius 2 is 1.97 bits per heavy atom. The van der Waals surface area contributed by atoms with Crippen LogP contribution in [0.25, 0.3) is 0 Å². The first-order valence-corrected chi connectivity index (χ1v) is 9.78. The summed E-state index contributed by atoms with van der Waals surface area (Å²) in [5.41, 5.74) is 16.0. The molecule has 9 nitrogen and oxygen atoms in total. The van der Waals surface area contributed by atoms with E-state index in [1.54, 1.807) is 0 Å². The summed E-state index contributed by atoms with van der Waals surface area (Å²) >= 11 is 0. The molecule has 0 amide bonds. The lowest BCUT2D eigenvalue weighted by atomic mass is 9.95. The molecule has 1 aliphatic rings. The second-order valence-corrected chi connectivity index (χ2v) is 7.19. The van der Waals surface area contributed by atoms with Crippen LogP contribution < -0.4 is 26.8 Å². The highest BCUT2D eigenvalue weighted by molar-refractivity contribution is 5.98. The molecule has 0 fully saturated rings. The summed E-state index contributed by atoms with van der Waals surface area (Å²) in [6.07, 6.45) is 1.84. The number of rotatable bonds is 4. The third kappa shape index (κ3) is 3.83. The van der Waals surface area contributed by atoms with Crippen molar-refractivity contribution in [2.24, 2.45) is 4.99 Å². The van der Waals surface area contributed by atoms with Gasteiger partial charge in [0.2, 0.25) is 5.96 Å². The molecule has 0 spiro atoms. The van der Waals surface area contributed by atoms with Crippen molar-refractivity contribution >= 4 is 23.3 Å². The van der Waals surface area contributed by atoms with E-state index in [0.29, 0.717) is 23.7 Å². The van der Waals surface area contributed by atoms with Gasteiger partial charge in [0.15, 0.2) is 6.19 Å². The molecule has 3 aromatic rings. The first kappa shape index (κ1) is 20.5. The quantitative estimate of drug-likeness (QED) is 0.367. The number of aryl methyl sites for hydroxylation is 1. The number of fused-ring (bicyclic) bond motifs is 1. The van der Waals surface area contributed by atoms with E-state index in [1.165, 1.54) is 0 Å². The predicted molar refractivity (Wildman–Crippen MR) is 121 cm³/mol. The molecule has 1 aromatic heterocycles. The molecule has 1 atom stereocenters. The molecular formula is C23H20N8O. The number of pyridine rings is 1. The van der Waals surface area contributed by atoms with Crippen LogP contribution in [0.2, 0.25) is 0 Å². The van der Waals surface area contributed by atoms with Gasteiger partial charge in [-0.25, -0.2) is 9.98 Å². The number of hydrogen-bond donors (Lipinski definition) is 4. The van der Waals surface area contributed by atoms with E-state index in [4.69, 9.17) is 21.5 Å². The van der Waals surface area contributed by atoms with Crippen LogP contribution >= 0.6 is 0 Å². The zero-order chi connectivity index (χ0) is 22.7. The third-order valence-electron chi connectivity index (χ3n) is 5.19. The fraction of sp³-hybridized carbons (Fsp3) is 0.130. The zero-order valence-corrected chi connectivity index (χ0v) is 17.3. The SMILES string of the molecule is Cc1ccccc1COc1cccc(C2N=C(NC#N)Nc3nc(N)c(C#N)c(N)c32)c1. The van der Waals surface area contributed by atoms with E-state index in [-0.39, 0.29) is 23.0 Å². The lowest BCUT2D eigenvalue weighted by Crippen LogP contribution is -2.32. The second kappa shape index (κ2) is 8.54. The smallest absolute Gasteiger partial charge is 0.211 e. The molecule has 9 heteroatoms. The van der Waals surface area contributed by atoms with E-state index in [1.807, 2.05) is 67.7 Å². The summed E-state index contributed by atoms with van der Waals surface area (Å²) in [7, 11) is 0. The van der Waals surface area contributed by atoms with Gasteiger partial charge in [-0.05, 0) is 35.7 Å². The number of nitrogens with zero attached hydrogens (tertiary/aromatic N) is 4. The van der Waals surface area contributed by atoms with Crippen LogP contribution in [0, 0.1) is 29.7 Å². The Kier molecular flexibility index (Phi) is 5.47. The standard InChI is InChI=1S/C23H20N8O/c1-13-5-2-3-6-15(13)11-32-16-8-4-7-14(9-16)20-18-19(26)17(10-24)21(27)30-22(18)31-23(29-20)28-12-25/h2-9,20H,11H2,1H3,(H6,26,27,28,29,30,31). The number of aliphatic imine (C=N–C) groups is 1. The zero-order valence-electron chi connectivity index (χ0n) is 17.3. The van der Waals surface area contributed by atoms with Crippen molar-refractivity contribution in [3.05, 3.63) is 76.3 Å².